The van der Waals surface area contributed by atoms with Crippen LogP contribution in [0, 0.1) is 11.3 Å². The second kappa shape index (κ2) is 8.45. The van der Waals surface area contributed by atoms with Gasteiger partial charge in [-0.3, -0.25) is 9.59 Å². The van der Waals surface area contributed by atoms with Gasteiger partial charge in [-0.1, -0.05) is 11.6 Å². The van der Waals surface area contributed by atoms with Gasteiger partial charge in [0.25, 0.3) is 5.91 Å². The SMILES string of the molecule is N#C/C(=C/Nc1ccc(C(N)=O)cc1)C(=O)Nc1ccc(Cl)c(C(F)(F)F)c1. The second-order valence-corrected chi connectivity index (χ2v) is 5.81. The average Bonchev–Trinajstić information content (AvgIpc) is 2.63. The third-order valence-corrected chi connectivity index (χ3v) is 3.78. The monoisotopic (exact) mass is 408 g/mol. The number of carbonyl (C=O) groups excluding carboxylic acids is 2. The minimum atomic E-state index is -4.69. The molecule has 2 aromatic rings. The van der Waals surface area contributed by atoms with Gasteiger partial charge in [0, 0.05) is 23.1 Å². The van der Waals surface area contributed by atoms with Crippen LogP contribution in [0.1, 0.15) is 15.9 Å². The molecule has 4 N–H and O–H groups in total. The number of rotatable bonds is 5. The maximum absolute atomic E-state index is 12.9. The largest absolute Gasteiger partial charge is 0.417 e. The number of anilines is 2. The summed E-state index contributed by atoms with van der Waals surface area (Å²) in [5.41, 5.74) is 4.18. The van der Waals surface area contributed by atoms with Crippen LogP contribution >= 0.6 is 11.6 Å². The molecule has 0 aliphatic heterocycles. The van der Waals surface area contributed by atoms with Crippen LogP contribution in [0.15, 0.2) is 54.2 Å². The van der Waals surface area contributed by atoms with E-state index in [1.54, 1.807) is 6.07 Å². The van der Waals surface area contributed by atoms with Gasteiger partial charge in [-0.15, -0.1) is 0 Å². The van der Waals surface area contributed by atoms with E-state index in [-0.39, 0.29) is 16.8 Å². The van der Waals surface area contributed by atoms with Crippen LogP contribution in [-0.2, 0) is 11.0 Å². The molecular formula is C18H12ClF3N4O2. The van der Waals surface area contributed by atoms with Gasteiger partial charge in [0.05, 0.1) is 10.6 Å². The first-order valence-corrected chi connectivity index (χ1v) is 7.94. The number of nitriles is 1. The molecule has 0 unspecified atom stereocenters. The lowest BCUT2D eigenvalue weighted by atomic mass is 10.2. The normalized spacial score (nSPS) is 11.5. The molecular weight excluding hydrogens is 397 g/mol. The standard InChI is InChI=1S/C18H12ClF3N4O2/c19-15-6-5-13(7-14(15)18(20,21)22)26-17(28)11(8-23)9-25-12-3-1-10(2-4-12)16(24)27/h1-7,9,25H,(H2,24,27)(H,26,28)/b11-9-. The van der Waals surface area contributed by atoms with Crippen molar-refractivity contribution in [3.63, 3.8) is 0 Å². The number of nitrogens with two attached hydrogens (primary N) is 1. The number of hydrogen-bond donors (Lipinski definition) is 3. The lowest BCUT2D eigenvalue weighted by Gasteiger charge is -2.11. The first-order chi connectivity index (χ1) is 13.1. The van der Waals surface area contributed by atoms with Gasteiger partial charge in [-0.05, 0) is 42.5 Å². The third-order valence-electron chi connectivity index (χ3n) is 3.45. The Morgan fingerprint density at radius 2 is 1.71 bits per heavy atom. The fourth-order valence-corrected chi connectivity index (χ4v) is 2.28. The minimum absolute atomic E-state index is 0.173. The molecule has 10 heteroatoms. The van der Waals surface area contributed by atoms with E-state index < -0.39 is 28.6 Å². The number of primary amides is 1. The molecule has 2 rings (SSSR count). The van der Waals surface area contributed by atoms with Crippen molar-refractivity contribution in [2.75, 3.05) is 10.6 Å². The molecule has 2 amide bonds. The van der Waals surface area contributed by atoms with E-state index in [1.807, 2.05) is 0 Å². The Kier molecular flexibility index (Phi) is 6.28. The van der Waals surface area contributed by atoms with Crippen LogP contribution in [0.3, 0.4) is 0 Å². The maximum Gasteiger partial charge on any atom is 0.417 e. The highest BCUT2D eigenvalue weighted by molar-refractivity contribution is 6.31. The number of benzene rings is 2. The molecule has 28 heavy (non-hydrogen) atoms. The van der Waals surface area contributed by atoms with Crippen molar-refractivity contribution in [3.05, 3.63) is 70.4 Å². The number of amides is 2. The van der Waals surface area contributed by atoms with Crippen molar-refractivity contribution >= 4 is 34.8 Å². The van der Waals surface area contributed by atoms with Crippen LogP contribution in [0.25, 0.3) is 0 Å². The van der Waals surface area contributed by atoms with Gasteiger partial charge in [0.15, 0.2) is 0 Å². The Balaban J connectivity index is 2.14. The summed E-state index contributed by atoms with van der Waals surface area (Å²) < 4.78 is 38.6. The predicted octanol–water partition coefficient (Wildman–Crippen LogP) is 3.92. The maximum atomic E-state index is 12.9. The Morgan fingerprint density at radius 1 is 1.11 bits per heavy atom. The predicted molar refractivity (Wildman–Crippen MR) is 97.4 cm³/mol. The molecule has 0 aromatic heterocycles. The highest BCUT2D eigenvalue weighted by Gasteiger charge is 2.33. The van der Waals surface area contributed by atoms with Gasteiger partial charge in [-0.25, -0.2) is 0 Å². The fraction of sp³-hybridized carbons (Fsp3) is 0.0556. The summed E-state index contributed by atoms with van der Waals surface area (Å²) in [5.74, 6) is -1.53. The van der Waals surface area contributed by atoms with E-state index >= 15 is 0 Å². The summed E-state index contributed by atoms with van der Waals surface area (Å²) in [6, 6.07) is 10.4. The zero-order chi connectivity index (χ0) is 20.9. The van der Waals surface area contributed by atoms with E-state index in [4.69, 9.17) is 22.6 Å². The second-order valence-electron chi connectivity index (χ2n) is 5.40. The Hall–Kier alpha value is -3.51. The molecule has 0 heterocycles. The lowest BCUT2D eigenvalue weighted by molar-refractivity contribution is -0.137. The summed E-state index contributed by atoms with van der Waals surface area (Å²) in [5, 5.41) is 13.5. The van der Waals surface area contributed by atoms with Gasteiger partial charge in [0.1, 0.15) is 11.6 Å². The number of nitrogens with one attached hydrogen (secondary N) is 2. The third kappa shape index (κ3) is 5.25. The summed E-state index contributed by atoms with van der Waals surface area (Å²) >= 11 is 5.52. The molecule has 0 spiro atoms. The smallest absolute Gasteiger partial charge is 0.366 e. The first kappa shape index (κ1) is 20.8. The number of alkyl halides is 3. The van der Waals surface area contributed by atoms with Crippen molar-refractivity contribution in [3.8, 4) is 6.07 Å². The van der Waals surface area contributed by atoms with Crippen LogP contribution in [0.5, 0.6) is 0 Å². The molecule has 0 bridgehead atoms. The average molecular weight is 409 g/mol. The van der Waals surface area contributed by atoms with E-state index in [2.05, 4.69) is 10.6 Å². The highest BCUT2D eigenvalue weighted by atomic mass is 35.5. The van der Waals surface area contributed by atoms with E-state index in [0.717, 1.165) is 12.3 Å². The molecule has 6 nitrogen and oxygen atoms in total. The topological polar surface area (TPSA) is 108 Å². The Bertz CT molecular complexity index is 980. The van der Waals surface area contributed by atoms with Gasteiger partial charge < -0.3 is 16.4 Å². The molecule has 144 valence electrons. The number of hydrogen-bond acceptors (Lipinski definition) is 4. The van der Waals surface area contributed by atoms with Crippen molar-refractivity contribution in [2.24, 2.45) is 5.73 Å². The highest BCUT2D eigenvalue weighted by Crippen LogP contribution is 2.36. The quantitative estimate of drug-likeness (QED) is 0.514. The molecule has 0 aliphatic carbocycles. The fourth-order valence-electron chi connectivity index (χ4n) is 2.05. The zero-order valence-corrected chi connectivity index (χ0v) is 14.7. The Labute approximate surface area is 162 Å². The van der Waals surface area contributed by atoms with Crippen molar-refractivity contribution in [2.45, 2.75) is 6.18 Å². The number of carbonyl (C=O) groups is 2. The van der Waals surface area contributed by atoms with Gasteiger partial charge >= 0.3 is 6.18 Å². The molecule has 0 aliphatic rings. The zero-order valence-electron chi connectivity index (χ0n) is 14.0. The van der Waals surface area contributed by atoms with Crippen molar-refractivity contribution in [1.82, 2.24) is 0 Å². The summed E-state index contributed by atoms with van der Waals surface area (Å²) in [6.45, 7) is 0. The molecule has 0 saturated carbocycles. The van der Waals surface area contributed by atoms with E-state index in [0.29, 0.717) is 11.8 Å². The molecule has 0 fully saturated rings. The van der Waals surface area contributed by atoms with E-state index in [9.17, 15) is 22.8 Å². The Morgan fingerprint density at radius 3 is 2.25 bits per heavy atom. The van der Waals surface area contributed by atoms with Gasteiger partial charge in [0.2, 0.25) is 5.91 Å². The van der Waals surface area contributed by atoms with Crippen LogP contribution < -0.4 is 16.4 Å². The number of halogens is 4. The lowest BCUT2D eigenvalue weighted by Crippen LogP contribution is -2.15. The van der Waals surface area contributed by atoms with Crippen LogP contribution in [-0.4, -0.2) is 11.8 Å². The van der Waals surface area contributed by atoms with Crippen LogP contribution in [0.2, 0.25) is 5.02 Å². The van der Waals surface area contributed by atoms with Gasteiger partial charge in [-0.2, -0.15) is 18.4 Å². The summed E-state index contributed by atoms with van der Waals surface area (Å²) in [6.07, 6.45) is -3.61. The van der Waals surface area contributed by atoms with Crippen molar-refractivity contribution < 1.29 is 22.8 Å². The minimum Gasteiger partial charge on any atom is -0.366 e. The summed E-state index contributed by atoms with van der Waals surface area (Å²) in [7, 11) is 0. The first-order valence-electron chi connectivity index (χ1n) is 7.56. The van der Waals surface area contributed by atoms with Crippen molar-refractivity contribution in [1.29, 1.82) is 5.26 Å². The molecule has 2 aromatic carbocycles. The molecule has 0 radical (unpaired) electrons. The van der Waals surface area contributed by atoms with Crippen LogP contribution in [0.4, 0.5) is 24.5 Å². The summed E-state index contributed by atoms with van der Waals surface area (Å²) in [4.78, 5) is 23.1. The van der Waals surface area contributed by atoms with E-state index in [1.165, 1.54) is 30.3 Å². The molecule has 0 atom stereocenters. The number of nitrogens with zero attached hydrogens (tertiary/aromatic N) is 1. The molecule has 0 saturated heterocycles.